The van der Waals surface area contributed by atoms with Crippen LogP contribution in [0.15, 0.2) is 24.3 Å². The summed E-state index contributed by atoms with van der Waals surface area (Å²) < 4.78 is 13.3. The molecule has 1 aromatic rings. The molecule has 0 unspecified atom stereocenters. The second-order valence-corrected chi connectivity index (χ2v) is 4.25. The van der Waals surface area contributed by atoms with Gasteiger partial charge in [0, 0.05) is 18.7 Å². The lowest BCUT2D eigenvalue weighted by molar-refractivity contribution is -0.137. The summed E-state index contributed by atoms with van der Waals surface area (Å²) in [6.07, 6.45) is -0.0168. The van der Waals surface area contributed by atoms with Gasteiger partial charge in [-0.05, 0) is 13.1 Å². The van der Waals surface area contributed by atoms with Gasteiger partial charge in [0.15, 0.2) is 0 Å². The zero-order chi connectivity index (χ0) is 14.3. The molecule has 2 N–H and O–H groups in total. The molecule has 0 saturated heterocycles. The number of halogens is 2. The summed E-state index contributed by atoms with van der Waals surface area (Å²) in [7, 11) is 1.66. The van der Waals surface area contributed by atoms with Crippen molar-refractivity contribution in [2.45, 2.75) is 13.0 Å². The van der Waals surface area contributed by atoms with Gasteiger partial charge in [0.1, 0.15) is 5.82 Å². The average Bonchev–Trinajstić information content (AvgIpc) is 2.35. The summed E-state index contributed by atoms with van der Waals surface area (Å²) in [6, 6.07) is 6.22. The Kier molecular flexibility index (Phi) is 8.51. The molecule has 0 aromatic heterocycles. The number of nitrogens with zero attached hydrogens (tertiary/aromatic N) is 1. The van der Waals surface area contributed by atoms with Crippen molar-refractivity contribution in [2.24, 2.45) is 0 Å². The van der Waals surface area contributed by atoms with E-state index < -0.39 is 5.97 Å². The Hall–Kier alpha value is -1.66. The highest BCUT2D eigenvalue weighted by molar-refractivity contribution is 5.85. The molecule has 0 spiro atoms. The van der Waals surface area contributed by atoms with Crippen LogP contribution in [0.5, 0.6) is 0 Å². The minimum atomic E-state index is -0.904. The molecule has 0 bridgehead atoms. The molecular weight excluding hydrogens is 287 g/mol. The third-order valence-electron chi connectivity index (χ3n) is 2.55. The molecule has 0 aliphatic carbocycles. The SMILES string of the molecule is CN(CCC(=O)O)CC(=O)NCc1ccccc1F.Cl. The number of benzene rings is 1. The summed E-state index contributed by atoms with van der Waals surface area (Å²) in [4.78, 5) is 23.5. The highest BCUT2D eigenvalue weighted by atomic mass is 35.5. The molecule has 0 radical (unpaired) electrons. The van der Waals surface area contributed by atoms with Crippen LogP contribution >= 0.6 is 12.4 Å². The first-order chi connectivity index (χ1) is 8.99. The number of rotatable bonds is 7. The second kappa shape index (κ2) is 9.28. The summed E-state index contributed by atoms with van der Waals surface area (Å²) >= 11 is 0. The van der Waals surface area contributed by atoms with Gasteiger partial charge < -0.3 is 10.4 Å². The van der Waals surface area contributed by atoms with E-state index in [1.807, 2.05) is 0 Å². The largest absolute Gasteiger partial charge is 0.481 e. The van der Waals surface area contributed by atoms with Crippen LogP contribution < -0.4 is 5.32 Å². The number of amides is 1. The summed E-state index contributed by atoms with van der Waals surface area (Å²) in [5.74, 6) is -1.53. The van der Waals surface area contributed by atoms with E-state index in [1.54, 1.807) is 30.1 Å². The highest BCUT2D eigenvalue weighted by Crippen LogP contribution is 2.05. The van der Waals surface area contributed by atoms with Crippen LogP contribution in [0.2, 0.25) is 0 Å². The van der Waals surface area contributed by atoms with Crippen LogP contribution in [-0.2, 0) is 16.1 Å². The fourth-order valence-electron chi connectivity index (χ4n) is 1.50. The van der Waals surface area contributed by atoms with E-state index in [2.05, 4.69) is 5.32 Å². The lowest BCUT2D eigenvalue weighted by atomic mass is 10.2. The zero-order valence-corrected chi connectivity index (χ0v) is 12.0. The zero-order valence-electron chi connectivity index (χ0n) is 11.1. The Morgan fingerprint density at radius 2 is 2.00 bits per heavy atom. The number of likely N-dealkylation sites (N-methyl/N-ethyl adjacent to an activating group) is 1. The van der Waals surface area contributed by atoms with Crippen LogP contribution in [0, 0.1) is 5.82 Å². The lowest BCUT2D eigenvalue weighted by Gasteiger charge is -2.15. The van der Waals surface area contributed by atoms with Crippen LogP contribution in [0.25, 0.3) is 0 Å². The third kappa shape index (κ3) is 7.06. The molecule has 0 atom stereocenters. The molecule has 5 nitrogen and oxygen atoms in total. The van der Waals surface area contributed by atoms with Gasteiger partial charge in [0.05, 0.1) is 13.0 Å². The predicted octanol–water partition coefficient (Wildman–Crippen LogP) is 1.27. The van der Waals surface area contributed by atoms with Gasteiger partial charge in [0.25, 0.3) is 0 Å². The van der Waals surface area contributed by atoms with Crippen LogP contribution in [0.3, 0.4) is 0 Å². The topological polar surface area (TPSA) is 69.6 Å². The predicted molar refractivity (Wildman–Crippen MR) is 75.2 cm³/mol. The Balaban J connectivity index is 0.00000361. The summed E-state index contributed by atoms with van der Waals surface area (Å²) in [6.45, 7) is 0.502. The van der Waals surface area contributed by atoms with Crippen molar-refractivity contribution in [3.05, 3.63) is 35.6 Å². The highest BCUT2D eigenvalue weighted by Gasteiger charge is 2.08. The Morgan fingerprint density at radius 1 is 1.35 bits per heavy atom. The van der Waals surface area contributed by atoms with E-state index in [4.69, 9.17) is 5.11 Å². The number of aliphatic carboxylic acids is 1. The van der Waals surface area contributed by atoms with E-state index in [1.165, 1.54) is 6.07 Å². The molecule has 0 heterocycles. The number of carboxylic acid groups (broad SMARTS) is 1. The number of carbonyl (C=O) groups excluding carboxylic acids is 1. The van der Waals surface area contributed by atoms with E-state index in [-0.39, 0.29) is 43.6 Å². The maximum atomic E-state index is 13.3. The number of carbonyl (C=O) groups is 2. The Bertz CT molecular complexity index is 457. The normalized spacial score (nSPS) is 9.95. The average molecular weight is 305 g/mol. The molecule has 20 heavy (non-hydrogen) atoms. The molecule has 0 fully saturated rings. The van der Waals surface area contributed by atoms with E-state index >= 15 is 0 Å². The molecular formula is C13H18ClFN2O3. The molecule has 7 heteroatoms. The molecule has 1 amide bonds. The smallest absolute Gasteiger partial charge is 0.304 e. The second-order valence-electron chi connectivity index (χ2n) is 4.25. The van der Waals surface area contributed by atoms with Gasteiger partial charge in [-0.25, -0.2) is 4.39 Å². The van der Waals surface area contributed by atoms with Gasteiger partial charge in [-0.2, -0.15) is 0 Å². The van der Waals surface area contributed by atoms with Crippen LogP contribution in [0.1, 0.15) is 12.0 Å². The fourth-order valence-corrected chi connectivity index (χ4v) is 1.50. The molecule has 1 rings (SSSR count). The van der Waals surface area contributed by atoms with E-state index in [9.17, 15) is 14.0 Å². The van der Waals surface area contributed by atoms with Gasteiger partial charge in [-0.15, -0.1) is 12.4 Å². The monoisotopic (exact) mass is 304 g/mol. The van der Waals surface area contributed by atoms with Crippen molar-refractivity contribution in [2.75, 3.05) is 20.1 Å². The molecule has 1 aromatic carbocycles. The minimum absolute atomic E-state index is 0. The lowest BCUT2D eigenvalue weighted by Crippen LogP contribution is -2.35. The maximum absolute atomic E-state index is 13.3. The first-order valence-corrected chi connectivity index (χ1v) is 5.89. The first-order valence-electron chi connectivity index (χ1n) is 5.89. The van der Waals surface area contributed by atoms with Gasteiger partial charge in [0.2, 0.25) is 5.91 Å². The Labute approximate surface area is 123 Å². The molecule has 112 valence electrons. The van der Waals surface area contributed by atoms with E-state index in [0.29, 0.717) is 12.1 Å². The quantitative estimate of drug-likeness (QED) is 0.796. The standard InChI is InChI=1S/C13H17FN2O3.ClH/c1-16(7-6-13(18)19)9-12(17)15-8-10-4-2-3-5-11(10)14;/h2-5H,6-9H2,1H3,(H,15,17)(H,18,19);1H. The fraction of sp³-hybridized carbons (Fsp3) is 0.385. The van der Waals surface area contributed by atoms with Gasteiger partial charge in [-0.1, -0.05) is 18.2 Å². The van der Waals surface area contributed by atoms with Crippen molar-refractivity contribution < 1.29 is 19.1 Å². The van der Waals surface area contributed by atoms with Crippen molar-refractivity contribution >= 4 is 24.3 Å². The number of hydrogen-bond acceptors (Lipinski definition) is 3. The van der Waals surface area contributed by atoms with Crippen molar-refractivity contribution in [1.82, 2.24) is 10.2 Å². The maximum Gasteiger partial charge on any atom is 0.304 e. The van der Waals surface area contributed by atoms with Crippen LogP contribution in [-0.4, -0.2) is 42.0 Å². The van der Waals surface area contributed by atoms with Crippen molar-refractivity contribution in [1.29, 1.82) is 0 Å². The number of hydrogen-bond donors (Lipinski definition) is 2. The van der Waals surface area contributed by atoms with Crippen molar-refractivity contribution in [3.63, 3.8) is 0 Å². The Morgan fingerprint density at radius 3 is 2.60 bits per heavy atom. The first kappa shape index (κ1) is 18.3. The molecule has 0 aliphatic heterocycles. The third-order valence-corrected chi connectivity index (χ3v) is 2.55. The van der Waals surface area contributed by atoms with E-state index in [0.717, 1.165) is 0 Å². The summed E-state index contributed by atoms with van der Waals surface area (Å²) in [5, 5.41) is 11.1. The number of carboxylic acids is 1. The van der Waals surface area contributed by atoms with Crippen LogP contribution in [0.4, 0.5) is 4.39 Å². The van der Waals surface area contributed by atoms with Crippen molar-refractivity contribution in [3.8, 4) is 0 Å². The molecule has 0 saturated carbocycles. The number of nitrogens with one attached hydrogen (secondary N) is 1. The van der Waals surface area contributed by atoms with Gasteiger partial charge in [-0.3, -0.25) is 14.5 Å². The van der Waals surface area contributed by atoms with Gasteiger partial charge >= 0.3 is 5.97 Å². The summed E-state index contributed by atoms with van der Waals surface area (Å²) in [5.41, 5.74) is 0.420. The minimum Gasteiger partial charge on any atom is -0.481 e. The molecule has 0 aliphatic rings.